The third-order valence-corrected chi connectivity index (χ3v) is 5.98. The molecule has 0 aromatic carbocycles. The van der Waals surface area contributed by atoms with Crippen LogP contribution in [0.4, 0.5) is 10.1 Å². The number of pyridine rings is 1. The maximum atomic E-state index is 13.1. The number of ether oxygens (including phenoxy) is 1. The number of nitrogens with zero attached hydrogens (tertiary/aromatic N) is 2. The molecule has 1 aromatic heterocycles. The number of alkyl halides is 1. The van der Waals surface area contributed by atoms with E-state index in [1.54, 1.807) is 12.3 Å². The summed E-state index contributed by atoms with van der Waals surface area (Å²) in [7, 11) is 0. The molecule has 6 nitrogen and oxygen atoms in total. The van der Waals surface area contributed by atoms with Crippen LogP contribution in [0.3, 0.4) is 0 Å². The molecule has 26 heavy (non-hydrogen) atoms. The molecule has 140 valence electrons. The van der Waals surface area contributed by atoms with E-state index in [4.69, 9.17) is 4.74 Å². The summed E-state index contributed by atoms with van der Waals surface area (Å²) in [6.45, 7) is 3.95. The molecule has 1 N–H and O–H groups in total. The average Bonchev–Trinajstić information content (AvgIpc) is 3.04. The van der Waals surface area contributed by atoms with Crippen LogP contribution in [-0.4, -0.2) is 54.2 Å². The Labute approximate surface area is 152 Å². The van der Waals surface area contributed by atoms with Gasteiger partial charge in [0.25, 0.3) is 0 Å². The van der Waals surface area contributed by atoms with Crippen LogP contribution in [0.15, 0.2) is 18.3 Å². The molecule has 3 aliphatic rings. The number of hydrogen-bond donors (Lipinski definition) is 1. The van der Waals surface area contributed by atoms with Crippen molar-refractivity contribution < 1.29 is 18.7 Å². The number of nitrogens with one attached hydrogen (secondary N) is 1. The van der Waals surface area contributed by atoms with Crippen LogP contribution in [0, 0.1) is 30.6 Å². The second kappa shape index (κ2) is 6.95. The lowest BCUT2D eigenvalue weighted by atomic mass is 9.82. The van der Waals surface area contributed by atoms with Gasteiger partial charge in [-0.15, -0.1) is 0 Å². The summed E-state index contributed by atoms with van der Waals surface area (Å²) in [5.74, 6) is -0.267. The fourth-order valence-corrected chi connectivity index (χ4v) is 4.30. The number of halogens is 1. The second-order valence-corrected chi connectivity index (χ2v) is 7.70. The largest absolute Gasteiger partial charge is 0.380 e. The number of aromatic nitrogens is 1. The summed E-state index contributed by atoms with van der Waals surface area (Å²) in [4.78, 5) is 31.4. The number of amides is 2. The second-order valence-electron chi connectivity index (χ2n) is 7.70. The lowest BCUT2D eigenvalue weighted by Gasteiger charge is -2.32. The van der Waals surface area contributed by atoms with E-state index in [-0.39, 0.29) is 35.5 Å². The molecule has 0 radical (unpaired) electrons. The van der Waals surface area contributed by atoms with Crippen LogP contribution in [0.25, 0.3) is 0 Å². The molecule has 3 fully saturated rings. The van der Waals surface area contributed by atoms with Crippen molar-refractivity contribution in [2.45, 2.75) is 25.9 Å². The molecule has 2 amide bonds. The summed E-state index contributed by atoms with van der Waals surface area (Å²) in [5.41, 5.74) is 1.47. The van der Waals surface area contributed by atoms with Gasteiger partial charge in [0.05, 0.1) is 30.5 Å². The van der Waals surface area contributed by atoms with Crippen LogP contribution in [-0.2, 0) is 14.3 Å². The molecule has 7 heteroatoms. The Kier molecular flexibility index (Phi) is 4.65. The minimum atomic E-state index is -0.835. The van der Waals surface area contributed by atoms with Gasteiger partial charge >= 0.3 is 0 Å². The van der Waals surface area contributed by atoms with Crippen molar-refractivity contribution in [2.75, 3.05) is 31.6 Å². The number of carbonyl (C=O) groups excluding carboxylic acids is 2. The van der Waals surface area contributed by atoms with Crippen molar-refractivity contribution >= 4 is 17.5 Å². The number of hydrogen-bond acceptors (Lipinski definition) is 4. The van der Waals surface area contributed by atoms with Crippen molar-refractivity contribution in [2.24, 2.45) is 23.7 Å². The Morgan fingerprint density at radius 1 is 1.31 bits per heavy atom. The zero-order valence-corrected chi connectivity index (χ0v) is 14.9. The van der Waals surface area contributed by atoms with E-state index < -0.39 is 6.17 Å². The minimum Gasteiger partial charge on any atom is -0.380 e. The highest BCUT2D eigenvalue weighted by Gasteiger charge is 2.47. The highest BCUT2D eigenvalue weighted by atomic mass is 19.1. The molecule has 3 atom stereocenters. The smallest absolute Gasteiger partial charge is 0.230 e. The summed E-state index contributed by atoms with van der Waals surface area (Å²) >= 11 is 0. The van der Waals surface area contributed by atoms with E-state index in [2.05, 4.69) is 10.3 Å². The summed E-state index contributed by atoms with van der Waals surface area (Å²) < 4.78 is 18.7. The molecule has 1 aliphatic carbocycles. The first kappa shape index (κ1) is 17.4. The first-order valence-electron chi connectivity index (χ1n) is 9.26. The van der Waals surface area contributed by atoms with Gasteiger partial charge in [-0.3, -0.25) is 14.6 Å². The van der Waals surface area contributed by atoms with E-state index in [0.717, 1.165) is 5.69 Å². The molecular weight excluding hydrogens is 337 g/mol. The Hall–Kier alpha value is -2.02. The Balaban J connectivity index is 1.42. The molecule has 1 aromatic rings. The quantitative estimate of drug-likeness (QED) is 0.891. The summed E-state index contributed by atoms with van der Waals surface area (Å²) in [5, 5.41) is 2.95. The first-order valence-corrected chi connectivity index (χ1v) is 9.26. The highest BCUT2D eigenvalue weighted by molar-refractivity contribution is 5.93. The van der Waals surface area contributed by atoms with E-state index in [1.807, 2.05) is 17.9 Å². The van der Waals surface area contributed by atoms with Gasteiger partial charge < -0.3 is 15.0 Å². The molecule has 2 aliphatic heterocycles. The van der Waals surface area contributed by atoms with Crippen LogP contribution >= 0.6 is 0 Å². The van der Waals surface area contributed by atoms with Crippen LogP contribution < -0.4 is 5.32 Å². The topological polar surface area (TPSA) is 71.5 Å². The van der Waals surface area contributed by atoms with Crippen molar-refractivity contribution in [3.63, 3.8) is 0 Å². The van der Waals surface area contributed by atoms with E-state index in [9.17, 15) is 14.0 Å². The van der Waals surface area contributed by atoms with Crippen molar-refractivity contribution in [1.29, 1.82) is 0 Å². The molecular formula is C19H24FN3O3. The first-order chi connectivity index (χ1) is 12.5. The Morgan fingerprint density at radius 3 is 2.85 bits per heavy atom. The summed E-state index contributed by atoms with van der Waals surface area (Å²) in [6, 6.07) is 3.62. The lowest BCUT2D eigenvalue weighted by Crippen LogP contribution is -2.43. The van der Waals surface area contributed by atoms with E-state index in [1.165, 1.54) is 0 Å². The molecule has 4 rings (SSSR count). The molecule has 2 saturated heterocycles. The normalized spacial score (nSPS) is 33.3. The number of fused-ring (bicyclic) bond motifs is 1. The fourth-order valence-electron chi connectivity index (χ4n) is 4.30. The number of likely N-dealkylation sites (tertiary alicyclic amines) is 1. The minimum absolute atomic E-state index is 0.0376. The van der Waals surface area contributed by atoms with E-state index >= 15 is 0 Å². The molecule has 0 spiro atoms. The third-order valence-electron chi connectivity index (χ3n) is 5.98. The van der Waals surface area contributed by atoms with Gasteiger partial charge in [-0.25, -0.2) is 4.39 Å². The van der Waals surface area contributed by atoms with Gasteiger partial charge in [0.1, 0.15) is 6.17 Å². The number of rotatable bonds is 3. The monoisotopic (exact) mass is 361 g/mol. The SMILES string of the molecule is Cc1ncccc1NC(=O)[C@@H]1COC[C@H]2CN(C(=O)C3CC(F)C3)C[C@H]21. The third kappa shape index (κ3) is 3.20. The predicted octanol–water partition coefficient (Wildman–Crippen LogP) is 1.80. The number of carbonyl (C=O) groups is 2. The molecule has 3 heterocycles. The van der Waals surface area contributed by atoms with Gasteiger partial charge in [-0.05, 0) is 37.8 Å². The zero-order chi connectivity index (χ0) is 18.3. The standard InChI is InChI=1S/C19H24FN3O3/c1-11-17(3-2-4-21-11)22-18(24)16-10-26-9-13-7-23(8-15(13)16)19(25)12-5-14(20)6-12/h2-4,12-16H,5-10H2,1H3,(H,22,24)/t12?,13-,14?,15-,16-/m1/s1. The van der Waals surface area contributed by atoms with Gasteiger partial charge in [0, 0.05) is 31.1 Å². The van der Waals surface area contributed by atoms with Gasteiger partial charge in [-0.1, -0.05) is 0 Å². The van der Waals surface area contributed by atoms with Crippen molar-refractivity contribution in [3.05, 3.63) is 24.0 Å². The number of aryl methyl sites for hydroxylation is 1. The van der Waals surface area contributed by atoms with Crippen molar-refractivity contribution in [1.82, 2.24) is 9.88 Å². The average molecular weight is 361 g/mol. The van der Waals surface area contributed by atoms with Gasteiger partial charge in [0.15, 0.2) is 0 Å². The molecule has 0 bridgehead atoms. The Bertz CT molecular complexity index is 707. The van der Waals surface area contributed by atoms with Crippen LogP contribution in [0.2, 0.25) is 0 Å². The lowest BCUT2D eigenvalue weighted by molar-refractivity contribution is -0.139. The summed E-state index contributed by atoms with van der Waals surface area (Å²) in [6.07, 6.45) is 1.53. The van der Waals surface area contributed by atoms with Gasteiger partial charge in [0.2, 0.25) is 11.8 Å². The van der Waals surface area contributed by atoms with Gasteiger partial charge in [-0.2, -0.15) is 0 Å². The Morgan fingerprint density at radius 2 is 2.12 bits per heavy atom. The zero-order valence-electron chi connectivity index (χ0n) is 14.9. The van der Waals surface area contributed by atoms with Crippen molar-refractivity contribution in [3.8, 4) is 0 Å². The van der Waals surface area contributed by atoms with E-state index in [0.29, 0.717) is 44.8 Å². The van der Waals surface area contributed by atoms with Crippen LogP contribution in [0.1, 0.15) is 18.5 Å². The highest BCUT2D eigenvalue weighted by Crippen LogP contribution is 2.38. The maximum absolute atomic E-state index is 13.1. The molecule has 0 unspecified atom stereocenters. The maximum Gasteiger partial charge on any atom is 0.230 e. The number of anilines is 1. The molecule has 1 saturated carbocycles. The van der Waals surface area contributed by atoms with Crippen LogP contribution in [0.5, 0.6) is 0 Å². The fraction of sp³-hybridized carbons (Fsp3) is 0.632. The predicted molar refractivity (Wildman–Crippen MR) is 93.1 cm³/mol.